The van der Waals surface area contributed by atoms with Crippen LogP contribution in [-0.4, -0.2) is 95.7 Å². The molecule has 0 saturated carbocycles. The van der Waals surface area contributed by atoms with Gasteiger partial charge in [-0.05, 0) is 25.0 Å². The van der Waals surface area contributed by atoms with Crippen molar-refractivity contribution in [3.63, 3.8) is 0 Å². The zero-order valence-electron chi connectivity index (χ0n) is 18.5. The molecule has 2 saturated heterocycles. The number of carbonyl (C=O) groups excluding carboxylic acids is 1. The Hall–Kier alpha value is -1.97. The van der Waals surface area contributed by atoms with Crippen molar-refractivity contribution < 1.29 is 13.2 Å². The number of imidazole rings is 1. The van der Waals surface area contributed by atoms with Gasteiger partial charge in [-0.2, -0.15) is 0 Å². The van der Waals surface area contributed by atoms with Gasteiger partial charge in [-0.25, -0.2) is 13.4 Å². The lowest BCUT2D eigenvalue weighted by atomic mass is 10.2. The Morgan fingerprint density at radius 1 is 1.23 bits per heavy atom. The summed E-state index contributed by atoms with van der Waals surface area (Å²) < 4.78 is 25.7. The second-order valence-corrected chi connectivity index (χ2v) is 11.0. The third-order valence-corrected chi connectivity index (χ3v) is 8.28. The number of hydrogen-bond donors (Lipinski definition) is 0. The normalized spacial score (nSPS) is 22.2. The molecule has 2 aliphatic heterocycles. The highest BCUT2D eigenvalue weighted by Gasteiger charge is 2.34. The number of nitrogens with zero attached hydrogens (tertiary/aromatic N) is 5. The maximum atomic E-state index is 13.1. The summed E-state index contributed by atoms with van der Waals surface area (Å²) >= 11 is 0. The molecule has 0 N–H and O–H groups in total. The van der Waals surface area contributed by atoms with Gasteiger partial charge in [-0.1, -0.05) is 19.4 Å². The van der Waals surface area contributed by atoms with Crippen molar-refractivity contribution in [1.82, 2.24) is 24.1 Å². The van der Waals surface area contributed by atoms with Crippen LogP contribution in [0.1, 0.15) is 42.4 Å². The molecule has 2 aromatic rings. The molecule has 8 nitrogen and oxygen atoms in total. The Morgan fingerprint density at radius 2 is 2.00 bits per heavy atom. The van der Waals surface area contributed by atoms with Crippen LogP contribution < -0.4 is 0 Å². The van der Waals surface area contributed by atoms with Crippen LogP contribution in [0.5, 0.6) is 0 Å². The number of hydrogen-bond acceptors (Lipinski definition) is 6. The number of rotatable bonds is 7. The largest absolute Gasteiger partial charge is 0.340 e. The fourth-order valence-corrected chi connectivity index (χ4v) is 6.37. The minimum absolute atomic E-state index is 0.0260. The van der Waals surface area contributed by atoms with Gasteiger partial charge in [0.2, 0.25) is 0 Å². The zero-order valence-corrected chi connectivity index (χ0v) is 19.4. The summed E-state index contributed by atoms with van der Waals surface area (Å²) in [6, 6.07) is 6.00. The summed E-state index contributed by atoms with van der Waals surface area (Å²) in [4.78, 5) is 24.2. The third kappa shape index (κ3) is 4.94. The number of amides is 1. The van der Waals surface area contributed by atoms with E-state index in [1.807, 2.05) is 35.8 Å². The molecule has 2 fully saturated rings. The lowest BCUT2D eigenvalue weighted by Gasteiger charge is -2.37. The standard InChI is InChI=1S/C22H33N5O3S/c1-3-4-9-24(2)22(28)21-19(27-10-6-5-7-20(27)23-21)16-25-11-13-26(14-12-25)18-8-15-31(29,30)17-18/h5-7,10,18H,3-4,8-9,11-17H2,1-2H3/t18-/m0/s1. The fourth-order valence-electron chi connectivity index (χ4n) is 4.61. The molecule has 9 heteroatoms. The van der Waals surface area contributed by atoms with Crippen LogP contribution in [0, 0.1) is 0 Å². The molecule has 1 amide bonds. The van der Waals surface area contributed by atoms with Gasteiger partial charge in [0.15, 0.2) is 15.5 Å². The highest BCUT2D eigenvalue weighted by atomic mass is 32.2. The van der Waals surface area contributed by atoms with E-state index in [1.54, 1.807) is 4.90 Å². The van der Waals surface area contributed by atoms with E-state index in [0.29, 0.717) is 23.7 Å². The average Bonchev–Trinajstić information content (AvgIpc) is 3.32. The molecular weight excluding hydrogens is 414 g/mol. The number of sulfone groups is 1. The first-order valence-corrected chi connectivity index (χ1v) is 13.1. The Kier molecular flexibility index (Phi) is 6.64. The smallest absolute Gasteiger partial charge is 0.274 e. The number of carbonyl (C=O) groups is 1. The molecule has 0 radical (unpaired) electrons. The van der Waals surface area contributed by atoms with E-state index < -0.39 is 9.84 Å². The second kappa shape index (κ2) is 9.26. The number of unbranched alkanes of at least 4 members (excludes halogenated alkanes) is 1. The van der Waals surface area contributed by atoms with Gasteiger partial charge in [0.05, 0.1) is 17.2 Å². The Bertz CT molecular complexity index is 1030. The molecule has 0 unspecified atom stereocenters. The first kappa shape index (κ1) is 22.2. The number of pyridine rings is 1. The number of aromatic nitrogens is 2. The summed E-state index contributed by atoms with van der Waals surface area (Å²) in [5.41, 5.74) is 2.26. The Morgan fingerprint density at radius 3 is 2.68 bits per heavy atom. The molecule has 2 aromatic heterocycles. The van der Waals surface area contributed by atoms with Crippen LogP contribution in [0.2, 0.25) is 0 Å². The molecule has 170 valence electrons. The van der Waals surface area contributed by atoms with E-state index in [9.17, 15) is 13.2 Å². The summed E-state index contributed by atoms with van der Waals surface area (Å²) in [5, 5.41) is 0. The highest BCUT2D eigenvalue weighted by Crippen LogP contribution is 2.21. The zero-order chi connectivity index (χ0) is 22.0. The van der Waals surface area contributed by atoms with Gasteiger partial charge >= 0.3 is 0 Å². The topological polar surface area (TPSA) is 78.2 Å². The van der Waals surface area contributed by atoms with Crippen LogP contribution in [0.15, 0.2) is 24.4 Å². The van der Waals surface area contributed by atoms with E-state index in [1.165, 1.54) is 0 Å². The van der Waals surface area contributed by atoms with E-state index in [0.717, 1.165) is 63.3 Å². The highest BCUT2D eigenvalue weighted by molar-refractivity contribution is 7.91. The van der Waals surface area contributed by atoms with Crippen molar-refractivity contribution in [1.29, 1.82) is 0 Å². The van der Waals surface area contributed by atoms with Crippen molar-refractivity contribution in [3.8, 4) is 0 Å². The predicted molar refractivity (Wildman–Crippen MR) is 121 cm³/mol. The van der Waals surface area contributed by atoms with Gasteiger partial charge in [-0.3, -0.25) is 14.6 Å². The SMILES string of the molecule is CCCCN(C)C(=O)c1nc2ccccn2c1CN1CCN([C@H]2CCS(=O)(=O)C2)CC1. The molecule has 0 bridgehead atoms. The summed E-state index contributed by atoms with van der Waals surface area (Å²) in [6.07, 6.45) is 4.74. The fraction of sp³-hybridized carbons (Fsp3) is 0.636. The minimum atomic E-state index is -2.86. The summed E-state index contributed by atoms with van der Waals surface area (Å²) in [5.74, 6) is 0.585. The van der Waals surface area contributed by atoms with Crippen molar-refractivity contribution in [3.05, 3.63) is 35.8 Å². The summed E-state index contributed by atoms with van der Waals surface area (Å²) in [7, 11) is -1.02. The molecule has 31 heavy (non-hydrogen) atoms. The predicted octanol–water partition coefficient (Wildman–Crippen LogP) is 1.51. The quantitative estimate of drug-likeness (QED) is 0.640. The van der Waals surface area contributed by atoms with Gasteiger partial charge < -0.3 is 9.30 Å². The third-order valence-electron chi connectivity index (χ3n) is 6.53. The lowest BCUT2D eigenvalue weighted by Crippen LogP contribution is -2.50. The molecule has 1 atom stereocenters. The average molecular weight is 448 g/mol. The molecule has 4 rings (SSSR count). The first-order valence-electron chi connectivity index (χ1n) is 11.3. The molecule has 4 heterocycles. The second-order valence-electron chi connectivity index (χ2n) is 8.79. The Labute approximate surface area is 184 Å². The van der Waals surface area contributed by atoms with E-state index >= 15 is 0 Å². The monoisotopic (exact) mass is 447 g/mol. The molecular formula is C22H33N5O3S. The van der Waals surface area contributed by atoms with Crippen molar-refractivity contribution in [2.45, 2.75) is 38.8 Å². The maximum Gasteiger partial charge on any atom is 0.274 e. The van der Waals surface area contributed by atoms with Gasteiger partial charge in [0.25, 0.3) is 5.91 Å². The molecule has 0 aliphatic carbocycles. The van der Waals surface area contributed by atoms with Crippen molar-refractivity contribution in [2.75, 3.05) is 51.3 Å². The van der Waals surface area contributed by atoms with Crippen molar-refractivity contribution >= 4 is 21.4 Å². The Balaban J connectivity index is 1.47. The lowest BCUT2D eigenvalue weighted by molar-refractivity contribution is 0.0780. The number of fused-ring (bicyclic) bond motifs is 1. The van der Waals surface area contributed by atoms with Gasteiger partial charge in [-0.15, -0.1) is 0 Å². The molecule has 0 aromatic carbocycles. The van der Waals surface area contributed by atoms with Crippen LogP contribution in [0.25, 0.3) is 5.65 Å². The molecule has 2 aliphatic rings. The van der Waals surface area contributed by atoms with Crippen molar-refractivity contribution in [2.24, 2.45) is 0 Å². The van der Waals surface area contributed by atoms with Crippen LogP contribution in [-0.2, 0) is 16.4 Å². The van der Waals surface area contributed by atoms with E-state index in [-0.39, 0.29) is 11.9 Å². The minimum Gasteiger partial charge on any atom is -0.340 e. The first-order chi connectivity index (χ1) is 14.9. The maximum absolute atomic E-state index is 13.1. The summed E-state index contributed by atoms with van der Waals surface area (Å²) in [6.45, 7) is 6.94. The van der Waals surface area contributed by atoms with Crippen LogP contribution >= 0.6 is 0 Å². The van der Waals surface area contributed by atoms with E-state index in [2.05, 4.69) is 21.7 Å². The number of piperazine rings is 1. The van der Waals surface area contributed by atoms with Gasteiger partial charge in [0, 0.05) is 58.6 Å². The van der Waals surface area contributed by atoms with Crippen LogP contribution in [0.4, 0.5) is 0 Å². The van der Waals surface area contributed by atoms with E-state index in [4.69, 9.17) is 0 Å². The van der Waals surface area contributed by atoms with Crippen LogP contribution in [0.3, 0.4) is 0 Å². The van der Waals surface area contributed by atoms with Gasteiger partial charge in [0.1, 0.15) is 5.65 Å². The molecule has 0 spiro atoms.